The summed E-state index contributed by atoms with van der Waals surface area (Å²) < 4.78 is 24.5. The highest BCUT2D eigenvalue weighted by molar-refractivity contribution is 7.88. The number of aliphatic imine (C=N–C) groups is 1. The second kappa shape index (κ2) is 8.12. The van der Waals surface area contributed by atoms with E-state index >= 15 is 0 Å². The predicted octanol–water partition coefficient (Wildman–Crippen LogP) is 1.62. The van der Waals surface area contributed by atoms with Crippen LogP contribution in [0.15, 0.2) is 47.5 Å². The number of fused-ring (bicyclic) bond motifs is 1. The molecule has 3 N–H and O–H groups in total. The lowest BCUT2D eigenvalue weighted by Crippen LogP contribution is -2.42. The van der Waals surface area contributed by atoms with Gasteiger partial charge in [0.15, 0.2) is 5.96 Å². The molecule has 0 spiro atoms. The van der Waals surface area contributed by atoms with Gasteiger partial charge in [-0.1, -0.05) is 36.4 Å². The molecule has 0 aromatic heterocycles. The van der Waals surface area contributed by atoms with Crippen molar-refractivity contribution in [1.29, 1.82) is 0 Å². The van der Waals surface area contributed by atoms with Crippen molar-refractivity contribution in [3.63, 3.8) is 0 Å². The number of rotatable bonds is 6. The highest BCUT2D eigenvalue weighted by atomic mass is 32.2. The fourth-order valence-corrected chi connectivity index (χ4v) is 2.85. The molecule has 24 heavy (non-hydrogen) atoms. The first-order valence-electron chi connectivity index (χ1n) is 7.79. The zero-order valence-corrected chi connectivity index (χ0v) is 15.0. The zero-order chi connectivity index (χ0) is 17.6. The number of nitrogens with zero attached hydrogens (tertiary/aromatic N) is 1. The highest BCUT2D eigenvalue weighted by Crippen LogP contribution is 2.20. The van der Waals surface area contributed by atoms with Crippen LogP contribution in [-0.4, -0.2) is 40.8 Å². The lowest BCUT2D eigenvalue weighted by Gasteiger charge is -2.19. The van der Waals surface area contributed by atoms with Crippen LogP contribution in [0.3, 0.4) is 0 Å². The molecule has 0 amide bonds. The van der Waals surface area contributed by atoms with E-state index in [0.29, 0.717) is 19.0 Å². The van der Waals surface area contributed by atoms with Crippen molar-refractivity contribution in [2.45, 2.75) is 13.0 Å². The molecule has 2 aromatic carbocycles. The molecule has 2 rings (SSSR count). The quantitative estimate of drug-likeness (QED) is 0.421. The van der Waals surface area contributed by atoms with Gasteiger partial charge in [0.2, 0.25) is 10.0 Å². The largest absolute Gasteiger partial charge is 0.355 e. The summed E-state index contributed by atoms with van der Waals surface area (Å²) in [6.07, 6.45) is 1.14. The summed E-state index contributed by atoms with van der Waals surface area (Å²) in [4.78, 5) is 4.17. The Labute approximate surface area is 143 Å². The van der Waals surface area contributed by atoms with Gasteiger partial charge in [-0.25, -0.2) is 13.1 Å². The Balaban J connectivity index is 1.94. The minimum atomic E-state index is -3.17. The third-order valence-corrected chi connectivity index (χ3v) is 4.36. The fourth-order valence-electron chi connectivity index (χ4n) is 2.38. The molecule has 0 saturated heterocycles. The molecule has 2 aromatic rings. The maximum Gasteiger partial charge on any atom is 0.208 e. The van der Waals surface area contributed by atoms with E-state index in [-0.39, 0.29) is 6.04 Å². The Morgan fingerprint density at radius 2 is 1.83 bits per heavy atom. The van der Waals surface area contributed by atoms with Crippen molar-refractivity contribution in [1.82, 2.24) is 15.4 Å². The minimum absolute atomic E-state index is 0.0728. The Kier molecular flexibility index (Phi) is 6.16. The van der Waals surface area contributed by atoms with Crippen molar-refractivity contribution in [3.8, 4) is 0 Å². The molecule has 0 radical (unpaired) electrons. The molecule has 0 aliphatic heterocycles. The van der Waals surface area contributed by atoms with Gasteiger partial charge in [0.05, 0.1) is 12.3 Å². The third kappa shape index (κ3) is 5.50. The summed E-state index contributed by atoms with van der Waals surface area (Å²) in [5.41, 5.74) is 1.16. The summed E-state index contributed by atoms with van der Waals surface area (Å²) in [5, 5.41) is 8.81. The molecular weight excluding hydrogens is 324 g/mol. The average Bonchev–Trinajstić information content (AvgIpc) is 2.56. The van der Waals surface area contributed by atoms with Crippen molar-refractivity contribution in [3.05, 3.63) is 48.0 Å². The number of hydrogen-bond donors (Lipinski definition) is 3. The molecule has 7 heteroatoms. The summed E-state index contributed by atoms with van der Waals surface area (Å²) in [6, 6.07) is 14.7. The van der Waals surface area contributed by atoms with E-state index in [0.717, 1.165) is 11.8 Å². The average molecular weight is 348 g/mol. The van der Waals surface area contributed by atoms with E-state index in [1.165, 1.54) is 10.8 Å². The number of sulfonamides is 1. The van der Waals surface area contributed by atoms with Crippen LogP contribution < -0.4 is 15.4 Å². The monoisotopic (exact) mass is 348 g/mol. The first kappa shape index (κ1) is 18.2. The highest BCUT2D eigenvalue weighted by Gasteiger charge is 2.08. The predicted molar refractivity (Wildman–Crippen MR) is 99.7 cm³/mol. The van der Waals surface area contributed by atoms with Crippen LogP contribution in [0.5, 0.6) is 0 Å². The summed E-state index contributed by atoms with van der Waals surface area (Å²) in [7, 11) is -1.48. The van der Waals surface area contributed by atoms with E-state index in [2.05, 4.69) is 57.6 Å². The molecular formula is C17H24N4O2S. The number of guanidine groups is 1. The van der Waals surface area contributed by atoms with Gasteiger partial charge in [-0.3, -0.25) is 4.99 Å². The molecule has 0 heterocycles. The van der Waals surface area contributed by atoms with E-state index in [9.17, 15) is 8.42 Å². The molecule has 0 aliphatic carbocycles. The standard InChI is InChI=1S/C17H24N4O2S/c1-13(15-9-8-14-6-4-5-7-16(14)12-15)21-17(18-2)19-10-11-20-24(3,22)23/h4-9,12-13,20H,10-11H2,1-3H3,(H2,18,19,21). The summed E-state index contributed by atoms with van der Waals surface area (Å²) >= 11 is 0. The van der Waals surface area contributed by atoms with Gasteiger partial charge in [-0.15, -0.1) is 0 Å². The van der Waals surface area contributed by atoms with Gasteiger partial charge < -0.3 is 10.6 Å². The number of benzene rings is 2. The van der Waals surface area contributed by atoms with Crippen molar-refractivity contribution in [2.24, 2.45) is 4.99 Å². The molecule has 6 nitrogen and oxygen atoms in total. The second-order valence-corrected chi connectivity index (χ2v) is 7.47. The lowest BCUT2D eigenvalue weighted by atomic mass is 10.0. The number of nitrogens with one attached hydrogen (secondary N) is 3. The van der Waals surface area contributed by atoms with Crippen LogP contribution in [0, 0.1) is 0 Å². The fraction of sp³-hybridized carbons (Fsp3) is 0.353. The van der Waals surface area contributed by atoms with Crippen molar-refractivity contribution in [2.75, 3.05) is 26.4 Å². The molecule has 0 fully saturated rings. The third-order valence-electron chi connectivity index (χ3n) is 3.63. The Bertz CT molecular complexity index is 818. The van der Waals surface area contributed by atoms with Gasteiger partial charge in [0.25, 0.3) is 0 Å². The van der Waals surface area contributed by atoms with Gasteiger partial charge >= 0.3 is 0 Å². The van der Waals surface area contributed by atoms with Crippen LogP contribution in [-0.2, 0) is 10.0 Å². The van der Waals surface area contributed by atoms with Crippen LogP contribution in [0.2, 0.25) is 0 Å². The normalized spacial score (nSPS) is 13.7. The lowest BCUT2D eigenvalue weighted by molar-refractivity contribution is 0.586. The SMILES string of the molecule is CN=C(NCCNS(C)(=O)=O)NC(C)c1ccc2ccccc2c1. The van der Waals surface area contributed by atoms with Gasteiger partial charge in [-0.05, 0) is 29.3 Å². The Hall–Kier alpha value is -2.12. The first-order valence-corrected chi connectivity index (χ1v) is 9.69. The first-order chi connectivity index (χ1) is 11.4. The molecule has 1 unspecified atom stereocenters. The second-order valence-electron chi connectivity index (χ2n) is 5.64. The topological polar surface area (TPSA) is 82.6 Å². The van der Waals surface area contributed by atoms with Gasteiger partial charge in [0, 0.05) is 20.1 Å². The van der Waals surface area contributed by atoms with Gasteiger partial charge in [0.1, 0.15) is 0 Å². The van der Waals surface area contributed by atoms with E-state index < -0.39 is 10.0 Å². The van der Waals surface area contributed by atoms with Crippen molar-refractivity contribution < 1.29 is 8.42 Å². The molecule has 0 saturated carbocycles. The molecule has 130 valence electrons. The molecule has 0 aliphatic rings. The Morgan fingerprint density at radius 3 is 2.50 bits per heavy atom. The van der Waals surface area contributed by atoms with Gasteiger partial charge in [-0.2, -0.15) is 0 Å². The van der Waals surface area contributed by atoms with Crippen LogP contribution >= 0.6 is 0 Å². The maximum atomic E-state index is 11.0. The van der Waals surface area contributed by atoms with Crippen molar-refractivity contribution >= 4 is 26.8 Å². The summed E-state index contributed by atoms with van der Waals surface area (Å²) in [6.45, 7) is 2.83. The number of hydrogen-bond acceptors (Lipinski definition) is 3. The zero-order valence-electron chi connectivity index (χ0n) is 14.2. The van der Waals surface area contributed by atoms with E-state index in [4.69, 9.17) is 0 Å². The van der Waals surface area contributed by atoms with Crippen LogP contribution in [0.25, 0.3) is 10.8 Å². The molecule has 0 bridgehead atoms. The maximum absolute atomic E-state index is 11.0. The van der Waals surface area contributed by atoms with Crippen LogP contribution in [0.4, 0.5) is 0 Å². The minimum Gasteiger partial charge on any atom is -0.355 e. The van der Waals surface area contributed by atoms with E-state index in [1.807, 2.05) is 12.1 Å². The smallest absolute Gasteiger partial charge is 0.208 e. The Morgan fingerprint density at radius 1 is 1.12 bits per heavy atom. The summed E-state index contributed by atoms with van der Waals surface area (Å²) in [5.74, 6) is 0.631. The molecule has 1 atom stereocenters. The van der Waals surface area contributed by atoms with E-state index in [1.54, 1.807) is 7.05 Å². The van der Waals surface area contributed by atoms with Crippen LogP contribution in [0.1, 0.15) is 18.5 Å².